The van der Waals surface area contributed by atoms with E-state index >= 15 is 4.39 Å². The van der Waals surface area contributed by atoms with Crippen molar-refractivity contribution in [1.82, 2.24) is 24.1 Å². The number of aromatic nitrogens is 4. The summed E-state index contributed by atoms with van der Waals surface area (Å²) in [6.45, 7) is 13.0. The van der Waals surface area contributed by atoms with Crippen molar-refractivity contribution in [2.75, 3.05) is 13.7 Å². The summed E-state index contributed by atoms with van der Waals surface area (Å²) in [5, 5.41) is 25.4. The summed E-state index contributed by atoms with van der Waals surface area (Å²) < 4.78 is 44.5. The lowest BCUT2D eigenvalue weighted by Gasteiger charge is -2.25. The number of hydrogen-bond donors (Lipinski definition) is 1. The molecule has 0 bridgehead atoms. The van der Waals surface area contributed by atoms with Crippen LogP contribution in [0.2, 0.25) is 0 Å². The summed E-state index contributed by atoms with van der Waals surface area (Å²) >= 11 is 0. The van der Waals surface area contributed by atoms with Crippen LogP contribution in [0, 0.1) is 35.3 Å². The molecule has 1 N–H and O–H groups in total. The first-order valence-corrected chi connectivity index (χ1v) is 14.6. The lowest BCUT2D eigenvalue weighted by Crippen LogP contribution is -2.34. The minimum absolute atomic E-state index is 0.0336. The number of aliphatic hydroxyl groups excluding tert-OH is 1. The van der Waals surface area contributed by atoms with Gasteiger partial charge in [-0.2, -0.15) is 14.8 Å². The first-order valence-electron chi connectivity index (χ1n) is 14.6. The fraction of sp³-hybridized carbons (Fsp3) is 0.455. The van der Waals surface area contributed by atoms with Crippen molar-refractivity contribution in [2.24, 2.45) is 12.5 Å². The fourth-order valence-corrected chi connectivity index (χ4v) is 4.90. The maximum absolute atomic E-state index is 15.3. The zero-order valence-electron chi connectivity index (χ0n) is 27.2. The van der Waals surface area contributed by atoms with Crippen molar-refractivity contribution in [1.29, 1.82) is 5.26 Å². The first-order chi connectivity index (χ1) is 20.9. The Labute approximate surface area is 261 Å². The minimum Gasteiger partial charge on any atom is -0.489 e. The van der Waals surface area contributed by atoms with Crippen molar-refractivity contribution in [3.05, 3.63) is 70.4 Å². The molecule has 1 atom stereocenters. The van der Waals surface area contributed by atoms with Gasteiger partial charge in [0.05, 0.1) is 36.3 Å². The number of carbonyl (C=O) groups is 1. The molecule has 0 radical (unpaired) electrons. The highest BCUT2D eigenvalue weighted by Gasteiger charge is 2.30. The molecule has 0 spiro atoms. The van der Waals surface area contributed by atoms with Crippen molar-refractivity contribution in [3.63, 3.8) is 0 Å². The van der Waals surface area contributed by atoms with Gasteiger partial charge in [0.2, 0.25) is 5.82 Å². The normalized spacial score (nSPS) is 12.7. The fourth-order valence-electron chi connectivity index (χ4n) is 4.90. The van der Waals surface area contributed by atoms with Gasteiger partial charge in [0.25, 0.3) is 0 Å². The molecule has 1 amide bonds. The van der Waals surface area contributed by atoms with Crippen LogP contribution in [0.5, 0.6) is 5.75 Å². The Kier molecular flexibility index (Phi) is 9.26. The quantitative estimate of drug-likeness (QED) is 0.246. The number of halogens is 2. The van der Waals surface area contributed by atoms with E-state index < -0.39 is 34.8 Å². The molecule has 0 aliphatic heterocycles. The highest BCUT2D eigenvalue weighted by Crippen LogP contribution is 2.37. The van der Waals surface area contributed by atoms with E-state index in [2.05, 4.69) is 16.2 Å². The number of ether oxygens (including phenoxy) is 2. The first kappa shape index (κ1) is 33.4. The molecule has 240 valence electrons. The Morgan fingerprint density at radius 2 is 1.89 bits per heavy atom. The maximum Gasteiger partial charge on any atom is 0.410 e. The van der Waals surface area contributed by atoms with E-state index in [1.165, 1.54) is 17.0 Å². The topological polar surface area (TPSA) is 118 Å². The van der Waals surface area contributed by atoms with Gasteiger partial charge in [0.15, 0.2) is 17.2 Å². The Bertz CT molecular complexity index is 1770. The summed E-state index contributed by atoms with van der Waals surface area (Å²) in [5.41, 5.74) is 2.67. The number of pyridine rings is 1. The summed E-state index contributed by atoms with van der Waals surface area (Å²) in [7, 11) is 3.36. The van der Waals surface area contributed by atoms with E-state index in [1.54, 1.807) is 56.3 Å². The monoisotopic (exact) mass is 622 g/mol. The number of carbonyl (C=O) groups excluding carboxylic acids is 1. The van der Waals surface area contributed by atoms with Crippen LogP contribution in [0.3, 0.4) is 0 Å². The van der Waals surface area contributed by atoms with Gasteiger partial charge in [0.1, 0.15) is 17.8 Å². The molecule has 4 rings (SSSR count). The number of fused-ring (bicyclic) bond motifs is 1. The van der Waals surface area contributed by atoms with E-state index in [0.29, 0.717) is 22.6 Å². The molecule has 0 aliphatic rings. The van der Waals surface area contributed by atoms with Gasteiger partial charge in [-0.05, 0) is 51.3 Å². The molecule has 0 saturated heterocycles. The number of rotatable bonds is 8. The van der Waals surface area contributed by atoms with E-state index in [-0.39, 0.29) is 36.4 Å². The van der Waals surface area contributed by atoms with Crippen LogP contribution >= 0.6 is 0 Å². The number of aryl methyl sites for hydroxylation is 1. The van der Waals surface area contributed by atoms with Gasteiger partial charge in [-0.1, -0.05) is 20.8 Å². The van der Waals surface area contributed by atoms with Gasteiger partial charge >= 0.3 is 6.09 Å². The van der Waals surface area contributed by atoms with Crippen LogP contribution in [-0.2, 0) is 24.8 Å². The number of benzene rings is 1. The molecule has 0 saturated carbocycles. The molecular formula is C33H40F2N6O4. The van der Waals surface area contributed by atoms with E-state index in [0.717, 1.165) is 17.3 Å². The van der Waals surface area contributed by atoms with Crippen LogP contribution in [0.4, 0.5) is 13.6 Å². The molecule has 4 aromatic rings. The number of imidazole rings is 1. The molecule has 3 aromatic heterocycles. The second kappa shape index (κ2) is 12.5. The summed E-state index contributed by atoms with van der Waals surface area (Å²) in [6, 6.07) is 6.05. The van der Waals surface area contributed by atoms with Gasteiger partial charge in [-0.15, -0.1) is 0 Å². The molecule has 3 heterocycles. The third-order valence-corrected chi connectivity index (χ3v) is 7.44. The number of hydrogen-bond acceptors (Lipinski definition) is 7. The van der Waals surface area contributed by atoms with Crippen LogP contribution in [0.25, 0.3) is 16.8 Å². The Hall–Kier alpha value is -4.50. The summed E-state index contributed by atoms with van der Waals surface area (Å²) in [6.07, 6.45) is 2.09. The van der Waals surface area contributed by atoms with Gasteiger partial charge in [-0.3, -0.25) is 4.68 Å². The largest absolute Gasteiger partial charge is 0.489 e. The second-order valence-corrected chi connectivity index (χ2v) is 13.2. The highest BCUT2D eigenvalue weighted by molar-refractivity contribution is 5.74. The molecular weight excluding hydrogens is 582 g/mol. The third-order valence-electron chi connectivity index (χ3n) is 7.44. The SMILES string of the molecule is Cc1c(CCOc2c(-c3cc(C#N)c4ncc(CN(C)C(=O)OC(C)(C)C)n4c3)ccc(F)c2F)c(C(O)C(C)(C)C)nn1C. The second-order valence-electron chi connectivity index (χ2n) is 13.2. The number of aliphatic hydroxyl groups is 1. The van der Waals surface area contributed by atoms with Gasteiger partial charge in [-0.25, -0.2) is 14.2 Å². The molecule has 0 fully saturated rings. The predicted octanol–water partition coefficient (Wildman–Crippen LogP) is 6.26. The molecule has 12 heteroatoms. The van der Waals surface area contributed by atoms with Crippen molar-refractivity contribution in [2.45, 2.75) is 73.1 Å². The molecule has 1 aromatic carbocycles. The number of amides is 1. The van der Waals surface area contributed by atoms with E-state index in [4.69, 9.17) is 9.47 Å². The number of nitrogens with zero attached hydrogens (tertiary/aromatic N) is 6. The minimum atomic E-state index is -1.17. The third kappa shape index (κ3) is 7.09. The molecule has 10 nitrogen and oxygen atoms in total. The summed E-state index contributed by atoms with van der Waals surface area (Å²) in [5.74, 6) is -2.57. The van der Waals surface area contributed by atoms with Crippen molar-refractivity contribution in [3.8, 4) is 22.9 Å². The average Bonchev–Trinajstić information content (AvgIpc) is 3.48. The standard InChI is InChI=1S/C33H40F2N6O4/c1-19-23(27(38-40(19)9)29(42)32(2,3)4)12-13-44-28-24(10-11-25(34)26(28)35)21-14-20(15-36)30-37-16-22(41(30)17-21)18-39(8)31(43)45-33(5,6)7/h10-11,14,16-17,29,42H,12-13,18H2,1-9H3. The van der Waals surface area contributed by atoms with Gasteiger partial charge in [0, 0.05) is 49.1 Å². The zero-order valence-corrected chi connectivity index (χ0v) is 27.2. The van der Waals surface area contributed by atoms with Crippen molar-refractivity contribution >= 4 is 11.7 Å². The van der Waals surface area contributed by atoms with Crippen LogP contribution in [0.15, 0.2) is 30.6 Å². The smallest absolute Gasteiger partial charge is 0.410 e. The number of nitriles is 1. The predicted molar refractivity (Wildman–Crippen MR) is 165 cm³/mol. The van der Waals surface area contributed by atoms with Gasteiger partial charge < -0.3 is 23.9 Å². The summed E-state index contributed by atoms with van der Waals surface area (Å²) in [4.78, 5) is 18.3. The average molecular weight is 623 g/mol. The zero-order chi connectivity index (χ0) is 33.4. The maximum atomic E-state index is 15.3. The lowest BCUT2D eigenvalue weighted by atomic mass is 9.85. The Morgan fingerprint density at radius 3 is 2.51 bits per heavy atom. The van der Waals surface area contributed by atoms with E-state index in [9.17, 15) is 19.6 Å². The lowest BCUT2D eigenvalue weighted by molar-refractivity contribution is 0.0282. The van der Waals surface area contributed by atoms with Crippen LogP contribution in [-0.4, -0.2) is 54.5 Å². The Morgan fingerprint density at radius 1 is 1.20 bits per heavy atom. The highest BCUT2D eigenvalue weighted by atomic mass is 19.2. The molecule has 1 unspecified atom stereocenters. The van der Waals surface area contributed by atoms with Crippen LogP contribution in [0.1, 0.15) is 75.9 Å². The Balaban J connectivity index is 1.69. The van der Waals surface area contributed by atoms with Crippen LogP contribution < -0.4 is 4.74 Å². The molecule has 0 aliphatic carbocycles. The van der Waals surface area contributed by atoms with E-state index in [1.807, 2.05) is 27.7 Å². The molecule has 45 heavy (non-hydrogen) atoms. The van der Waals surface area contributed by atoms with Crippen molar-refractivity contribution < 1.29 is 28.2 Å².